The zero-order chi connectivity index (χ0) is 15.8. The van der Waals surface area contributed by atoms with Gasteiger partial charge in [0.1, 0.15) is 5.82 Å². The molecule has 2 N–H and O–H groups in total. The molecule has 2 rings (SSSR count). The minimum atomic E-state index is -0.105. The molecule has 1 heterocycles. The van der Waals surface area contributed by atoms with E-state index in [4.69, 9.17) is 4.74 Å². The summed E-state index contributed by atoms with van der Waals surface area (Å²) in [4.78, 5) is 11.9. The average Bonchev–Trinajstić information content (AvgIpc) is 2.91. The lowest BCUT2D eigenvalue weighted by atomic mass is 10.2. The summed E-state index contributed by atoms with van der Waals surface area (Å²) in [6.07, 6.45) is 1.67. The quantitative estimate of drug-likeness (QED) is 0.664. The maximum Gasteiger partial charge on any atom is 0.239 e. The lowest BCUT2D eigenvalue weighted by Crippen LogP contribution is -2.31. The van der Waals surface area contributed by atoms with E-state index in [9.17, 15) is 4.79 Å². The van der Waals surface area contributed by atoms with Crippen LogP contribution in [0.4, 0.5) is 5.82 Å². The Morgan fingerprint density at radius 2 is 2.22 bits per heavy atom. The number of nitrogens with zero attached hydrogens (tertiary/aromatic N) is 2. The van der Waals surface area contributed by atoms with Gasteiger partial charge >= 0.3 is 0 Å². The molecule has 0 fully saturated rings. The minimum Gasteiger partial charge on any atom is -0.383 e. The molecular weight excluding hydrogens is 384 g/mol. The van der Waals surface area contributed by atoms with Crippen LogP contribution in [0.5, 0.6) is 0 Å². The Kier molecular flexibility index (Phi) is 8.86. The topological polar surface area (TPSA) is 68.2 Å². The summed E-state index contributed by atoms with van der Waals surface area (Å²) in [5, 5.41) is 10.1. The molecule has 0 unspecified atom stereocenters. The first-order valence-electron chi connectivity index (χ1n) is 6.95. The van der Waals surface area contributed by atoms with E-state index in [1.54, 1.807) is 24.1 Å². The first-order chi connectivity index (χ1) is 10.7. The van der Waals surface area contributed by atoms with Gasteiger partial charge in [0, 0.05) is 24.2 Å². The Bertz CT molecular complexity index is 621. The average molecular weight is 404 g/mol. The fourth-order valence-corrected chi connectivity index (χ4v) is 2.38. The summed E-state index contributed by atoms with van der Waals surface area (Å²) in [7, 11) is 1.63. The number of hydrogen-bond donors (Lipinski definition) is 2. The molecule has 0 atom stereocenters. The summed E-state index contributed by atoms with van der Waals surface area (Å²) in [5.74, 6) is 0.575. The third kappa shape index (κ3) is 6.70. The fourth-order valence-electron chi connectivity index (χ4n) is 1.94. The van der Waals surface area contributed by atoms with Crippen LogP contribution in [0.1, 0.15) is 5.56 Å². The van der Waals surface area contributed by atoms with E-state index in [0.29, 0.717) is 25.5 Å². The molecule has 0 aliphatic rings. The van der Waals surface area contributed by atoms with E-state index >= 15 is 0 Å². The normalized spacial score (nSPS) is 10.2. The van der Waals surface area contributed by atoms with E-state index in [1.807, 2.05) is 24.3 Å². The summed E-state index contributed by atoms with van der Waals surface area (Å²) in [6, 6.07) is 9.77. The van der Waals surface area contributed by atoms with Crippen molar-refractivity contribution in [2.45, 2.75) is 6.54 Å². The maximum atomic E-state index is 11.9. The molecule has 0 spiro atoms. The second kappa shape index (κ2) is 10.4. The van der Waals surface area contributed by atoms with Gasteiger partial charge in [-0.1, -0.05) is 28.1 Å². The van der Waals surface area contributed by atoms with Crippen molar-refractivity contribution >= 4 is 40.1 Å². The second-order valence-corrected chi connectivity index (χ2v) is 5.64. The van der Waals surface area contributed by atoms with Crippen molar-refractivity contribution in [3.05, 3.63) is 46.6 Å². The zero-order valence-electron chi connectivity index (χ0n) is 12.8. The smallest absolute Gasteiger partial charge is 0.239 e. The van der Waals surface area contributed by atoms with Gasteiger partial charge in [-0.3, -0.25) is 4.79 Å². The molecule has 0 aliphatic heterocycles. The molecule has 2 aromatic rings. The van der Waals surface area contributed by atoms with Gasteiger partial charge in [0.25, 0.3) is 0 Å². The largest absolute Gasteiger partial charge is 0.383 e. The SMILES string of the molecule is COCCNCC(=O)Nc1ccnn1Cc1cccc(Br)c1.Cl. The molecule has 0 radical (unpaired) electrons. The van der Waals surface area contributed by atoms with Crippen LogP contribution in [0, 0.1) is 0 Å². The number of hydrogen-bond acceptors (Lipinski definition) is 4. The molecule has 126 valence electrons. The van der Waals surface area contributed by atoms with Crippen molar-refractivity contribution in [3.63, 3.8) is 0 Å². The highest BCUT2D eigenvalue weighted by atomic mass is 79.9. The van der Waals surface area contributed by atoms with Crippen LogP contribution in [-0.4, -0.2) is 42.5 Å². The molecule has 1 amide bonds. The molecule has 0 bridgehead atoms. The Labute approximate surface area is 150 Å². The predicted molar refractivity (Wildman–Crippen MR) is 96.1 cm³/mol. The van der Waals surface area contributed by atoms with Crippen LogP contribution in [0.3, 0.4) is 0 Å². The minimum absolute atomic E-state index is 0. The number of benzene rings is 1. The summed E-state index contributed by atoms with van der Waals surface area (Å²) in [6.45, 7) is 2.06. The Hall–Kier alpha value is -1.41. The third-order valence-electron chi connectivity index (χ3n) is 2.97. The number of carbonyl (C=O) groups is 1. The van der Waals surface area contributed by atoms with Crippen molar-refractivity contribution in [2.75, 3.05) is 32.1 Å². The van der Waals surface area contributed by atoms with E-state index in [2.05, 4.69) is 31.7 Å². The van der Waals surface area contributed by atoms with Crippen LogP contribution < -0.4 is 10.6 Å². The highest BCUT2D eigenvalue weighted by molar-refractivity contribution is 9.10. The van der Waals surface area contributed by atoms with Gasteiger partial charge in [-0.05, 0) is 17.7 Å². The Morgan fingerprint density at radius 1 is 1.39 bits per heavy atom. The van der Waals surface area contributed by atoms with Gasteiger partial charge in [-0.2, -0.15) is 5.10 Å². The summed E-state index contributed by atoms with van der Waals surface area (Å²) >= 11 is 3.45. The van der Waals surface area contributed by atoms with Crippen LogP contribution in [0.25, 0.3) is 0 Å². The van der Waals surface area contributed by atoms with Gasteiger partial charge in [0.15, 0.2) is 0 Å². The number of rotatable bonds is 8. The second-order valence-electron chi connectivity index (χ2n) is 4.72. The lowest BCUT2D eigenvalue weighted by Gasteiger charge is -2.10. The number of anilines is 1. The van der Waals surface area contributed by atoms with Gasteiger partial charge in [0.2, 0.25) is 5.91 Å². The van der Waals surface area contributed by atoms with Crippen LogP contribution in [0.15, 0.2) is 41.0 Å². The van der Waals surface area contributed by atoms with Crippen molar-refractivity contribution in [2.24, 2.45) is 0 Å². The van der Waals surface area contributed by atoms with Gasteiger partial charge in [0.05, 0.1) is 25.9 Å². The third-order valence-corrected chi connectivity index (χ3v) is 3.47. The van der Waals surface area contributed by atoms with Gasteiger partial charge in [-0.15, -0.1) is 12.4 Å². The van der Waals surface area contributed by atoms with E-state index < -0.39 is 0 Å². The Morgan fingerprint density at radius 3 is 2.96 bits per heavy atom. The van der Waals surface area contributed by atoms with Crippen LogP contribution >= 0.6 is 28.3 Å². The standard InChI is InChI=1S/C15H19BrN4O2.ClH/c1-22-8-7-17-10-15(21)19-14-5-6-18-20(14)11-12-3-2-4-13(16)9-12;/h2-6,9,17H,7-8,10-11H2,1H3,(H,19,21);1H. The first-order valence-corrected chi connectivity index (χ1v) is 7.74. The highest BCUT2D eigenvalue weighted by Crippen LogP contribution is 2.14. The predicted octanol–water partition coefficient (Wildman–Crippen LogP) is 2.29. The number of methoxy groups -OCH3 is 1. The fraction of sp³-hybridized carbons (Fsp3) is 0.333. The summed E-state index contributed by atoms with van der Waals surface area (Å²) < 4.78 is 7.69. The van der Waals surface area contributed by atoms with Gasteiger partial charge in [-0.25, -0.2) is 4.68 Å². The van der Waals surface area contributed by atoms with E-state index in [-0.39, 0.29) is 24.9 Å². The maximum absolute atomic E-state index is 11.9. The molecule has 1 aromatic heterocycles. The van der Waals surface area contributed by atoms with Crippen molar-refractivity contribution in [1.82, 2.24) is 15.1 Å². The molecule has 0 saturated heterocycles. The molecule has 6 nitrogen and oxygen atoms in total. The number of nitrogens with one attached hydrogen (secondary N) is 2. The molecule has 23 heavy (non-hydrogen) atoms. The van der Waals surface area contributed by atoms with Crippen LogP contribution in [0.2, 0.25) is 0 Å². The summed E-state index contributed by atoms with van der Waals surface area (Å²) in [5.41, 5.74) is 1.10. The van der Waals surface area contributed by atoms with Crippen molar-refractivity contribution < 1.29 is 9.53 Å². The number of amides is 1. The number of carbonyl (C=O) groups excluding carboxylic acids is 1. The number of halogens is 2. The van der Waals surface area contributed by atoms with Gasteiger partial charge < -0.3 is 15.4 Å². The first kappa shape index (κ1) is 19.6. The molecule has 8 heteroatoms. The molecular formula is C15H20BrClN4O2. The van der Waals surface area contributed by atoms with E-state index in [0.717, 1.165) is 10.0 Å². The molecule has 0 saturated carbocycles. The monoisotopic (exact) mass is 402 g/mol. The zero-order valence-corrected chi connectivity index (χ0v) is 15.2. The molecule has 1 aromatic carbocycles. The van der Waals surface area contributed by atoms with Crippen molar-refractivity contribution in [3.8, 4) is 0 Å². The Balaban J connectivity index is 0.00000264. The number of ether oxygens (including phenoxy) is 1. The van der Waals surface area contributed by atoms with E-state index in [1.165, 1.54) is 0 Å². The lowest BCUT2D eigenvalue weighted by molar-refractivity contribution is -0.115. The molecule has 0 aliphatic carbocycles. The highest BCUT2D eigenvalue weighted by Gasteiger charge is 2.07. The number of aromatic nitrogens is 2. The van der Waals surface area contributed by atoms with Crippen molar-refractivity contribution in [1.29, 1.82) is 0 Å². The van der Waals surface area contributed by atoms with Crippen LogP contribution in [-0.2, 0) is 16.1 Å².